The minimum absolute atomic E-state index is 0.166. The van der Waals surface area contributed by atoms with Crippen molar-refractivity contribution in [2.45, 2.75) is 19.5 Å². The Morgan fingerprint density at radius 3 is 2.53 bits per heavy atom. The van der Waals surface area contributed by atoms with Gasteiger partial charge >= 0.3 is 12.2 Å². The Morgan fingerprint density at radius 2 is 1.95 bits per heavy atom. The number of halogens is 3. The van der Waals surface area contributed by atoms with Crippen LogP contribution in [-0.2, 0) is 0 Å². The molecule has 0 aliphatic rings. The Labute approximate surface area is 108 Å². The topological polar surface area (TPSA) is 58.2 Å². The summed E-state index contributed by atoms with van der Waals surface area (Å²) in [6, 6.07) is 5.39. The van der Waals surface area contributed by atoms with Crippen molar-refractivity contribution < 1.29 is 22.8 Å². The van der Waals surface area contributed by atoms with Crippen molar-refractivity contribution in [3.63, 3.8) is 0 Å². The Kier molecular flexibility index (Phi) is 4.91. The van der Waals surface area contributed by atoms with Gasteiger partial charge in [0.15, 0.2) is 5.78 Å². The fourth-order valence-corrected chi connectivity index (χ4v) is 1.31. The minimum Gasteiger partial charge on any atom is -0.338 e. The van der Waals surface area contributed by atoms with Crippen LogP contribution in [0.4, 0.5) is 23.7 Å². The molecule has 0 spiro atoms. The van der Waals surface area contributed by atoms with Gasteiger partial charge in [-0.1, -0.05) is 12.1 Å². The lowest BCUT2D eigenvalue weighted by Crippen LogP contribution is -2.31. The molecule has 0 aliphatic heterocycles. The number of hydrogen-bond donors (Lipinski definition) is 2. The number of hydrogen-bond acceptors (Lipinski definition) is 2. The molecule has 0 saturated carbocycles. The molecule has 19 heavy (non-hydrogen) atoms. The molecule has 0 saturated heterocycles. The molecule has 0 radical (unpaired) electrons. The fourth-order valence-electron chi connectivity index (χ4n) is 1.31. The maximum atomic E-state index is 11.9. The van der Waals surface area contributed by atoms with E-state index in [-0.39, 0.29) is 5.78 Å². The first-order chi connectivity index (χ1) is 8.78. The van der Waals surface area contributed by atoms with E-state index in [0.29, 0.717) is 11.3 Å². The highest BCUT2D eigenvalue weighted by Crippen LogP contribution is 2.18. The monoisotopic (exact) mass is 274 g/mol. The molecule has 2 N–H and O–H groups in total. The Balaban J connectivity index is 2.48. The predicted molar refractivity (Wildman–Crippen MR) is 64.1 cm³/mol. The van der Waals surface area contributed by atoms with Gasteiger partial charge in [-0.15, -0.1) is 0 Å². The van der Waals surface area contributed by atoms with Crippen LogP contribution in [0.15, 0.2) is 24.3 Å². The summed E-state index contributed by atoms with van der Waals surface area (Å²) in [7, 11) is 0. The minimum atomic E-state index is -4.30. The molecular formula is C12H13F3N2O2. The van der Waals surface area contributed by atoms with Gasteiger partial charge in [0.25, 0.3) is 0 Å². The van der Waals surface area contributed by atoms with E-state index in [1.807, 2.05) is 0 Å². The second-order valence-electron chi connectivity index (χ2n) is 3.88. The van der Waals surface area contributed by atoms with Gasteiger partial charge in [0, 0.05) is 17.8 Å². The van der Waals surface area contributed by atoms with E-state index < -0.39 is 25.2 Å². The van der Waals surface area contributed by atoms with Crippen LogP contribution in [0.25, 0.3) is 0 Å². The number of anilines is 1. The molecule has 0 unspecified atom stereocenters. The predicted octanol–water partition coefficient (Wildman–Crippen LogP) is 2.96. The number of nitrogens with one attached hydrogen (secondary N) is 2. The third-order valence-corrected chi connectivity index (χ3v) is 2.22. The van der Waals surface area contributed by atoms with E-state index in [4.69, 9.17) is 0 Å². The molecule has 0 aliphatic carbocycles. The van der Waals surface area contributed by atoms with Crippen LogP contribution in [0, 0.1) is 0 Å². The zero-order valence-electron chi connectivity index (χ0n) is 10.2. The van der Waals surface area contributed by atoms with Gasteiger partial charge in [-0.05, 0) is 19.1 Å². The molecule has 7 heteroatoms. The summed E-state index contributed by atoms with van der Waals surface area (Å²) < 4.78 is 35.6. The standard InChI is InChI=1S/C12H13F3N2O2/c1-8(18)9-3-2-4-10(7-9)17-11(19)16-6-5-12(13,14)15/h2-4,7H,5-6H2,1H3,(H2,16,17,19). The van der Waals surface area contributed by atoms with Crippen molar-refractivity contribution in [2.75, 3.05) is 11.9 Å². The van der Waals surface area contributed by atoms with Crippen LogP contribution in [0.3, 0.4) is 0 Å². The SMILES string of the molecule is CC(=O)c1cccc(NC(=O)NCCC(F)(F)F)c1. The maximum absolute atomic E-state index is 11.9. The highest BCUT2D eigenvalue weighted by molar-refractivity contribution is 5.96. The summed E-state index contributed by atoms with van der Waals surface area (Å²) in [5.74, 6) is -0.166. The van der Waals surface area contributed by atoms with Gasteiger partial charge in [0.2, 0.25) is 0 Å². The summed E-state index contributed by atoms with van der Waals surface area (Å²) in [6.07, 6.45) is -5.39. The van der Waals surface area contributed by atoms with Crippen molar-refractivity contribution in [1.82, 2.24) is 5.32 Å². The molecular weight excluding hydrogens is 261 g/mol. The van der Waals surface area contributed by atoms with Crippen molar-refractivity contribution in [3.8, 4) is 0 Å². The van der Waals surface area contributed by atoms with Crippen LogP contribution in [0.2, 0.25) is 0 Å². The van der Waals surface area contributed by atoms with Crippen molar-refractivity contribution in [1.29, 1.82) is 0 Å². The molecule has 0 fully saturated rings. The van der Waals surface area contributed by atoms with E-state index in [1.165, 1.54) is 19.1 Å². The van der Waals surface area contributed by atoms with Gasteiger partial charge in [0.05, 0.1) is 6.42 Å². The third kappa shape index (κ3) is 5.89. The summed E-state index contributed by atoms with van der Waals surface area (Å²) in [5.41, 5.74) is 0.755. The first-order valence-electron chi connectivity index (χ1n) is 5.50. The molecule has 104 valence electrons. The zero-order chi connectivity index (χ0) is 14.5. The average molecular weight is 274 g/mol. The van der Waals surface area contributed by atoms with E-state index in [9.17, 15) is 22.8 Å². The van der Waals surface area contributed by atoms with Crippen LogP contribution < -0.4 is 10.6 Å². The number of Topliss-reactive ketones (excluding diaryl/α,β-unsaturated/α-hetero) is 1. The van der Waals surface area contributed by atoms with Crippen LogP contribution in [0.5, 0.6) is 0 Å². The Morgan fingerprint density at radius 1 is 1.26 bits per heavy atom. The Bertz CT molecular complexity index is 472. The number of carbonyl (C=O) groups is 2. The molecule has 0 atom stereocenters. The molecule has 4 nitrogen and oxygen atoms in total. The number of rotatable bonds is 4. The van der Waals surface area contributed by atoms with Gasteiger partial charge in [-0.25, -0.2) is 4.79 Å². The van der Waals surface area contributed by atoms with Gasteiger partial charge in [-0.2, -0.15) is 13.2 Å². The Hall–Kier alpha value is -2.05. The first kappa shape index (κ1) is 15.0. The number of ketones is 1. The lowest BCUT2D eigenvalue weighted by atomic mass is 10.1. The highest BCUT2D eigenvalue weighted by atomic mass is 19.4. The van der Waals surface area contributed by atoms with E-state index in [2.05, 4.69) is 10.6 Å². The van der Waals surface area contributed by atoms with Crippen LogP contribution in [-0.4, -0.2) is 24.5 Å². The number of amides is 2. The second-order valence-corrected chi connectivity index (χ2v) is 3.88. The molecule has 0 aromatic heterocycles. The number of carbonyl (C=O) groups excluding carboxylic acids is 2. The van der Waals surface area contributed by atoms with Crippen molar-refractivity contribution in [2.24, 2.45) is 0 Å². The first-order valence-corrected chi connectivity index (χ1v) is 5.50. The molecule has 1 rings (SSSR count). The van der Waals surface area contributed by atoms with E-state index in [1.54, 1.807) is 12.1 Å². The van der Waals surface area contributed by atoms with Crippen LogP contribution in [0.1, 0.15) is 23.7 Å². The fraction of sp³-hybridized carbons (Fsp3) is 0.333. The summed E-state index contributed by atoms with van der Waals surface area (Å²) in [6.45, 7) is 0.879. The molecule has 0 heterocycles. The highest BCUT2D eigenvalue weighted by Gasteiger charge is 2.26. The summed E-state index contributed by atoms with van der Waals surface area (Å²) in [5, 5.41) is 4.44. The molecule has 2 amide bonds. The molecule has 1 aromatic rings. The van der Waals surface area contributed by atoms with E-state index in [0.717, 1.165) is 0 Å². The quantitative estimate of drug-likeness (QED) is 0.829. The molecule has 0 bridgehead atoms. The number of urea groups is 1. The van der Waals surface area contributed by atoms with Gasteiger partial charge in [-0.3, -0.25) is 4.79 Å². The normalized spacial score (nSPS) is 10.9. The lowest BCUT2D eigenvalue weighted by Gasteiger charge is -2.09. The zero-order valence-corrected chi connectivity index (χ0v) is 10.2. The number of alkyl halides is 3. The summed E-state index contributed by atoms with van der Waals surface area (Å²) in [4.78, 5) is 22.4. The molecule has 1 aromatic carbocycles. The number of benzene rings is 1. The lowest BCUT2D eigenvalue weighted by molar-refractivity contribution is -0.132. The maximum Gasteiger partial charge on any atom is 0.390 e. The average Bonchev–Trinajstić information content (AvgIpc) is 2.27. The second kappa shape index (κ2) is 6.21. The van der Waals surface area contributed by atoms with Gasteiger partial charge < -0.3 is 10.6 Å². The third-order valence-electron chi connectivity index (χ3n) is 2.22. The summed E-state index contributed by atoms with van der Waals surface area (Å²) >= 11 is 0. The van der Waals surface area contributed by atoms with Gasteiger partial charge in [0.1, 0.15) is 0 Å². The van der Waals surface area contributed by atoms with Crippen LogP contribution >= 0.6 is 0 Å². The smallest absolute Gasteiger partial charge is 0.338 e. The largest absolute Gasteiger partial charge is 0.390 e. The van der Waals surface area contributed by atoms with Crippen molar-refractivity contribution in [3.05, 3.63) is 29.8 Å². The van der Waals surface area contributed by atoms with E-state index >= 15 is 0 Å². The van der Waals surface area contributed by atoms with Crippen molar-refractivity contribution >= 4 is 17.5 Å².